The van der Waals surface area contributed by atoms with Crippen LogP contribution in [-0.4, -0.2) is 47.0 Å². The van der Waals surface area contributed by atoms with Crippen molar-refractivity contribution in [3.05, 3.63) is 24.3 Å². The molecule has 0 unspecified atom stereocenters. The fourth-order valence-electron chi connectivity index (χ4n) is 0.852. The molecule has 0 atom stereocenters. The summed E-state index contributed by atoms with van der Waals surface area (Å²) in [5, 5.41) is 40.5. The van der Waals surface area contributed by atoms with E-state index in [1.165, 1.54) is 18.2 Å². The van der Waals surface area contributed by atoms with Gasteiger partial charge in [-0.25, -0.2) is 13.6 Å². The SMILES string of the molecule is CC(C)(O)C(C)(C)O.NS(=O)(=O)c1cccc(B(O)O)c1. The van der Waals surface area contributed by atoms with Gasteiger partial charge in [-0.05, 0) is 45.3 Å². The molecule has 7 nitrogen and oxygen atoms in total. The third-order valence-corrected chi connectivity index (χ3v) is 3.89. The van der Waals surface area contributed by atoms with Gasteiger partial charge in [-0.2, -0.15) is 0 Å². The van der Waals surface area contributed by atoms with Gasteiger partial charge in [-0.1, -0.05) is 12.1 Å². The molecule has 0 aliphatic rings. The van der Waals surface area contributed by atoms with Crippen molar-refractivity contribution in [3.8, 4) is 0 Å². The minimum Gasteiger partial charge on any atom is -0.423 e. The van der Waals surface area contributed by atoms with Crippen molar-refractivity contribution in [1.82, 2.24) is 0 Å². The Morgan fingerprint density at radius 1 is 1.05 bits per heavy atom. The van der Waals surface area contributed by atoms with Crippen molar-refractivity contribution in [2.45, 2.75) is 43.8 Å². The molecule has 0 bridgehead atoms. The van der Waals surface area contributed by atoms with Crippen LogP contribution in [-0.2, 0) is 10.0 Å². The van der Waals surface area contributed by atoms with Gasteiger partial charge >= 0.3 is 7.12 Å². The van der Waals surface area contributed by atoms with Gasteiger partial charge in [0.2, 0.25) is 10.0 Å². The molecule has 1 aromatic rings. The summed E-state index contributed by atoms with van der Waals surface area (Å²) in [6.07, 6.45) is 0. The molecular formula is C12H22BNO6S. The molecule has 9 heteroatoms. The van der Waals surface area contributed by atoms with Crippen molar-refractivity contribution >= 4 is 22.6 Å². The van der Waals surface area contributed by atoms with Crippen LogP contribution in [0.2, 0.25) is 0 Å². The number of primary sulfonamides is 1. The van der Waals surface area contributed by atoms with Gasteiger partial charge in [-0.3, -0.25) is 0 Å². The fraction of sp³-hybridized carbons (Fsp3) is 0.500. The Balaban J connectivity index is 0.000000433. The topological polar surface area (TPSA) is 141 Å². The number of sulfonamides is 1. The predicted octanol–water partition coefficient (Wildman–Crippen LogP) is -1.46. The predicted molar refractivity (Wildman–Crippen MR) is 80.2 cm³/mol. The van der Waals surface area contributed by atoms with Gasteiger partial charge < -0.3 is 20.3 Å². The third-order valence-electron chi connectivity index (χ3n) is 2.98. The second-order valence-electron chi connectivity index (χ2n) is 5.61. The quantitative estimate of drug-likeness (QED) is 0.431. The lowest BCUT2D eigenvalue weighted by Gasteiger charge is -2.31. The van der Waals surface area contributed by atoms with Crippen molar-refractivity contribution < 1.29 is 28.7 Å². The zero-order valence-corrected chi connectivity index (χ0v) is 13.3. The van der Waals surface area contributed by atoms with E-state index < -0.39 is 28.3 Å². The van der Waals surface area contributed by atoms with Crippen molar-refractivity contribution in [3.63, 3.8) is 0 Å². The average Bonchev–Trinajstić information content (AvgIpc) is 2.26. The molecule has 0 aromatic heterocycles. The van der Waals surface area contributed by atoms with Crippen molar-refractivity contribution in [1.29, 1.82) is 0 Å². The van der Waals surface area contributed by atoms with E-state index in [9.17, 15) is 8.42 Å². The molecule has 120 valence electrons. The van der Waals surface area contributed by atoms with Crippen LogP contribution in [0.4, 0.5) is 0 Å². The highest BCUT2D eigenvalue weighted by atomic mass is 32.2. The van der Waals surface area contributed by atoms with Crippen LogP contribution in [0.15, 0.2) is 29.2 Å². The molecule has 0 saturated carbocycles. The number of aliphatic hydroxyl groups is 2. The molecule has 0 spiro atoms. The lowest BCUT2D eigenvalue weighted by atomic mass is 9.81. The van der Waals surface area contributed by atoms with Crippen molar-refractivity contribution in [2.75, 3.05) is 0 Å². The van der Waals surface area contributed by atoms with E-state index >= 15 is 0 Å². The Bertz CT molecular complexity index is 548. The first-order valence-corrected chi connectivity index (χ1v) is 7.64. The molecule has 0 amide bonds. The normalized spacial score (nSPS) is 12.4. The largest absolute Gasteiger partial charge is 0.488 e. The van der Waals surface area contributed by atoms with Gasteiger partial charge in [0.15, 0.2) is 0 Å². The highest BCUT2D eigenvalue weighted by Crippen LogP contribution is 2.19. The zero-order chi connectivity index (χ0) is 17.1. The second kappa shape index (κ2) is 6.86. The van der Waals surface area contributed by atoms with Gasteiger partial charge in [0.1, 0.15) is 0 Å². The Labute approximate surface area is 125 Å². The maximum atomic E-state index is 10.8. The number of rotatable bonds is 3. The van der Waals surface area contributed by atoms with Crippen molar-refractivity contribution in [2.24, 2.45) is 5.14 Å². The molecule has 0 heterocycles. The van der Waals surface area contributed by atoms with E-state index in [1.807, 2.05) is 0 Å². The smallest absolute Gasteiger partial charge is 0.423 e. The Kier molecular flexibility index (Phi) is 6.55. The number of hydrogen-bond acceptors (Lipinski definition) is 6. The van der Waals surface area contributed by atoms with E-state index in [0.29, 0.717) is 0 Å². The minimum absolute atomic E-state index is 0.0894. The van der Waals surface area contributed by atoms with Crippen LogP contribution in [0.1, 0.15) is 27.7 Å². The summed E-state index contributed by atoms with van der Waals surface area (Å²) in [5.41, 5.74) is -1.92. The Morgan fingerprint density at radius 3 is 1.76 bits per heavy atom. The molecule has 0 aliphatic heterocycles. The Hall–Kier alpha value is -0.965. The standard InChI is InChI=1S/C6H8BNO4S.C6H14O2/c8-13(11,12)6-3-1-2-5(4-6)7(9)10;1-5(2,7)6(3,4)8/h1-4,9-10H,(H2,8,11,12);7-8H,1-4H3. The molecule has 1 rings (SSSR count). The third kappa shape index (κ3) is 7.03. The lowest BCUT2D eigenvalue weighted by molar-refractivity contribution is -0.107. The molecule has 6 N–H and O–H groups in total. The first kappa shape index (κ1) is 20.0. The van der Waals surface area contributed by atoms with E-state index in [2.05, 4.69) is 0 Å². The van der Waals surface area contributed by atoms with Gasteiger partial charge in [-0.15, -0.1) is 0 Å². The van der Waals surface area contributed by atoms with Crippen LogP contribution < -0.4 is 10.6 Å². The summed E-state index contributed by atoms with van der Waals surface area (Å²) >= 11 is 0. The van der Waals surface area contributed by atoms with Gasteiger partial charge in [0, 0.05) is 0 Å². The molecule has 21 heavy (non-hydrogen) atoms. The molecule has 0 aliphatic carbocycles. The highest BCUT2D eigenvalue weighted by Gasteiger charge is 2.31. The van der Waals surface area contributed by atoms with E-state index in [0.717, 1.165) is 6.07 Å². The van der Waals surface area contributed by atoms with E-state index in [4.69, 9.17) is 25.4 Å². The monoisotopic (exact) mass is 319 g/mol. The zero-order valence-electron chi connectivity index (χ0n) is 12.5. The Morgan fingerprint density at radius 2 is 1.48 bits per heavy atom. The molecule has 1 aromatic carbocycles. The molecule has 0 radical (unpaired) electrons. The average molecular weight is 319 g/mol. The van der Waals surface area contributed by atoms with Crippen LogP contribution >= 0.6 is 0 Å². The van der Waals surface area contributed by atoms with Gasteiger partial charge in [0.05, 0.1) is 16.1 Å². The first-order valence-electron chi connectivity index (χ1n) is 6.10. The van der Waals surface area contributed by atoms with Crippen LogP contribution in [0.3, 0.4) is 0 Å². The summed E-state index contributed by atoms with van der Waals surface area (Å²) in [5.74, 6) is 0. The minimum atomic E-state index is -3.78. The summed E-state index contributed by atoms with van der Waals surface area (Å²) in [7, 11) is -5.47. The lowest BCUT2D eigenvalue weighted by Crippen LogP contribution is -2.44. The number of benzene rings is 1. The second-order valence-corrected chi connectivity index (χ2v) is 7.17. The van der Waals surface area contributed by atoms with Gasteiger partial charge in [0.25, 0.3) is 0 Å². The highest BCUT2D eigenvalue weighted by molar-refractivity contribution is 7.89. The van der Waals surface area contributed by atoms with Crippen LogP contribution in [0, 0.1) is 0 Å². The van der Waals surface area contributed by atoms with E-state index in [-0.39, 0.29) is 10.4 Å². The summed E-state index contributed by atoms with van der Waals surface area (Å²) in [6.45, 7) is 6.31. The summed E-state index contributed by atoms with van der Waals surface area (Å²) in [6, 6.07) is 5.16. The fourth-order valence-corrected chi connectivity index (χ4v) is 1.42. The maximum absolute atomic E-state index is 10.8. The summed E-state index contributed by atoms with van der Waals surface area (Å²) in [4.78, 5) is -0.141. The first-order chi connectivity index (χ1) is 9.16. The number of hydrogen-bond donors (Lipinski definition) is 5. The van der Waals surface area contributed by atoms with Crippen LogP contribution in [0.5, 0.6) is 0 Å². The molecule has 0 fully saturated rings. The van der Waals surface area contributed by atoms with E-state index in [1.54, 1.807) is 27.7 Å². The maximum Gasteiger partial charge on any atom is 0.488 e. The summed E-state index contributed by atoms with van der Waals surface area (Å²) < 4.78 is 21.6. The molecule has 0 saturated heterocycles. The molecular weight excluding hydrogens is 297 g/mol. The number of nitrogens with two attached hydrogens (primary N) is 1. The van der Waals surface area contributed by atoms with Crippen LogP contribution in [0.25, 0.3) is 0 Å².